The largest absolute Gasteiger partial charge is 0.642 e. The van der Waals surface area contributed by atoms with E-state index in [1.165, 1.54) is 52.0 Å². The second kappa shape index (κ2) is 37.2. The molecule has 0 unspecified atom stereocenters. The summed E-state index contributed by atoms with van der Waals surface area (Å²) in [6, 6.07) is 8.62. The number of aryl methyl sites for hydroxylation is 2. The lowest BCUT2D eigenvalue weighted by atomic mass is 9.36. The summed E-state index contributed by atoms with van der Waals surface area (Å²) in [6.07, 6.45) is 4.24. The van der Waals surface area contributed by atoms with Gasteiger partial charge in [-0.1, -0.05) is 267 Å². The fraction of sp³-hybridized carbons (Fsp3) is 0.538. The molecule has 6 aromatic rings. The number of halogens is 20. The van der Waals surface area contributed by atoms with Crippen molar-refractivity contribution in [1.29, 1.82) is 0 Å². The maximum atomic E-state index is 14.8. The number of hydrogen-bond acceptors (Lipinski definition) is 2. The molecule has 0 aliphatic rings. The van der Waals surface area contributed by atoms with Crippen molar-refractivity contribution in [2.24, 2.45) is 35.5 Å². The van der Waals surface area contributed by atoms with Crippen molar-refractivity contribution in [3.63, 3.8) is 0 Å². The molecule has 2 nitrogen and oxygen atoms in total. The first-order valence-corrected chi connectivity index (χ1v) is 38.9. The van der Waals surface area contributed by atoms with E-state index in [2.05, 4.69) is 130 Å². The van der Waals surface area contributed by atoms with Crippen LogP contribution < -0.4 is 28.4 Å². The summed E-state index contributed by atoms with van der Waals surface area (Å²) in [5, 5.41) is 2.71. The minimum absolute atomic E-state index is 0.0664. The van der Waals surface area contributed by atoms with Gasteiger partial charge in [0.25, 0.3) is 6.71 Å². The van der Waals surface area contributed by atoms with E-state index in [9.17, 15) is 87.8 Å². The molecule has 0 atom stereocenters. The van der Waals surface area contributed by atoms with Crippen molar-refractivity contribution in [3.05, 3.63) is 174 Å². The highest BCUT2D eigenvalue weighted by Gasteiger charge is 2.46. The first-order valence-electron chi connectivity index (χ1n) is 35.0. The number of rotatable bonds is 20. The van der Waals surface area contributed by atoms with Gasteiger partial charge in [0, 0.05) is 20.8 Å². The fourth-order valence-corrected chi connectivity index (χ4v) is 18.2. The second-order valence-corrected chi connectivity index (χ2v) is 38.4. The topological polar surface area (TPSA) is 18.5 Å². The van der Waals surface area contributed by atoms with E-state index in [0.717, 1.165) is 41.2 Å². The second-order valence-electron chi connectivity index (χ2n) is 33.7. The van der Waals surface area contributed by atoms with Gasteiger partial charge in [0.1, 0.15) is 6.71 Å². The van der Waals surface area contributed by atoms with E-state index >= 15 is 0 Å². The maximum absolute atomic E-state index is 14.8. The SMILES string of the molecule is CC(C)CB(CC(C)C)CC(C)C.Cc1cc(C(C)(C)C)c([O][Al]([CH2]C(C)C)[CH2]C(C)C)c(C(C)(C)C)c1.Cc1cc(C(C)(C)C)c([O][Al]([CH2]C(C)C)[c]2c(F)c(F)c(F)c(F)c2F)c(C(C)(C)C)c1.Fc1c(F)c(F)c(B(c2c(F)c(F)c(F)c(F)c2F)c2c(F)c(F)c(F)c(F)c2F)c(F)c1F. The van der Waals surface area contributed by atoms with Crippen molar-refractivity contribution < 1.29 is 95.4 Å². The summed E-state index contributed by atoms with van der Waals surface area (Å²) in [7, 11) is 0. The molecule has 0 bridgehead atoms. The predicted molar refractivity (Wildman–Crippen MR) is 383 cm³/mol. The summed E-state index contributed by atoms with van der Waals surface area (Å²) in [5.74, 6) is -49.2. The molecule has 0 aromatic heterocycles. The maximum Gasteiger partial charge on any atom is 0.595 e. The lowest BCUT2D eigenvalue weighted by molar-refractivity contribution is 0.380. The zero-order valence-corrected chi connectivity index (χ0v) is 67.0. The molecule has 26 heteroatoms. The average molecular weight is 1530 g/mol. The van der Waals surface area contributed by atoms with Gasteiger partial charge in [-0.3, -0.25) is 0 Å². The summed E-state index contributed by atoms with van der Waals surface area (Å²) in [5.41, 5.74) is -1.80. The highest BCUT2D eigenvalue weighted by atomic mass is 27.2. The molecule has 0 fully saturated rings. The lowest BCUT2D eigenvalue weighted by Crippen LogP contribution is -2.60. The zero-order valence-electron chi connectivity index (χ0n) is 64.7. The van der Waals surface area contributed by atoms with Crippen molar-refractivity contribution >= 4 is 63.2 Å². The molecule has 0 radical (unpaired) electrons. The van der Waals surface area contributed by atoms with Crippen molar-refractivity contribution in [2.45, 2.75) is 236 Å². The Hall–Kier alpha value is -5.29. The molecule has 0 amide bonds. The van der Waals surface area contributed by atoms with Gasteiger partial charge in [-0.05, 0) is 63.0 Å². The number of hydrogen-bond donors (Lipinski definition) is 0. The van der Waals surface area contributed by atoms with E-state index < -0.39 is 173 Å². The lowest BCUT2D eigenvalue weighted by Gasteiger charge is -2.33. The van der Waals surface area contributed by atoms with Crippen LogP contribution in [0.3, 0.4) is 0 Å². The van der Waals surface area contributed by atoms with E-state index in [1.54, 1.807) is 0 Å². The van der Waals surface area contributed by atoms with Crippen LogP contribution in [0.4, 0.5) is 87.8 Å². The molecule has 6 aromatic carbocycles. The van der Waals surface area contributed by atoms with Gasteiger partial charge in [-0.15, -0.1) is 0 Å². The van der Waals surface area contributed by atoms with E-state index in [1.807, 2.05) is 74.4 Å². The smallest absolute Gasteiger partial charge is 0.595 e. The molecule has 6 rings (SSSR count). The van der Waals surface area contributed by atoms with Crippen molar-refractivity contribution in [3.8, 4) is 11.5 Å². The van der Waals surface area contributed by atoms with Gasteiger partial charge in [-0.25, -0.2) is 87.8 Å². The van der Waals surface area contributed by atoms with Crippen LogP contribution >= 0.6 is 0 Å². The van der Waals surface area contributed by atoms with Gasteiger partial charge in [0.15, 0.2) is 116 Å². The molecule has 0 N–H and O–H groups in total. The Morgan fingerprint density at radius 1 is 0.288 bits per heavy atom. The number of benzene rings is 6. The third-order valence-electron chi connectivity index (χ3n) is 17.0. The molecule has 0 saturated carbocycles. The molecule has 0 spiro atoms. The predicted octanol–water partition coefficient (Wildman–Crippen LogP) is 23.2. The molecule has 104 heavy (non-hydrogen) atoms. The summed E-state index contributed by atoms with van der Waals surface area (Å²) >= 11 is -4.44. The first kappa shape index (κ1) is 92.9. The molecule has 0 heterocycles. The van der Waals surface area contributed by atoms with Gasteiger partial charge >= 0.3 is 29.0 Å². The molecule has 0 saturated heterocycles. The molecular formula is C78H100Al2B2F20O2. The van der Waals surface area contributed by atoms with Crippen LogP contribution in [0.2, 0.25) is 34.8 Å². The zero-order chi connectivity index (χ0) is 80.7. The van der Waals surface area contributed by atoms with Gasteiger partial charge in [-0.2, -0.15) is 0 Å². The van der Waals surface area contributed by atoms with Gasteiger partial charge in [0.05, 0.1) is 11.5 Å². The normalized spacial score (nSPS) is 12.1. The standard InChI is InChI=1S/C18BF15.2C15H24O.C12H27B.C6F5.3C4H9.2Al/c20-4-1(5(21)11(27)16(32)10(4)26)19(2-6(22)12(28)17(33)13(29)7(2)23)3-8(24)14(30)18(34)15(31)9(3)25;2*1-10-8-11(14(2,3)4)13(16)12(9-10)15(5,6)7;1-10(2)7-13(8-11(3)4)9-12(5)6;7-2-1-3(8)5(10)6(11)4(2)9;3*1-4(2)3;;/h;2*8-9,16H,1-7H3;10-12H,7-9H2,1-6H3;;3*4H,1H2,2-3H3;;/q;;;;;;;;2*+1/p-2. The van der Waals surface area contributed by atoms with Crippen LogP contribution in [-0.2, 0) is 21.7 Å². The van der Waals surface area contributed by atoms with Crippen molar-refractivity contribution in [2.75, 3.05) is 0 Å². The van der Waals surface area contributed by atoms with Crippen LogP contribution in [0.15, 0.2) is 24.3 Å². The Morgan fingerprint density at radius 3 is 0.692 bits per heavy atom. The monoisotopic (exact) mass is 1520 g/mol. The van der Waals surface area contributed by atoms with Crippen LogP contribution in [0.5, 0.6) is 11.5 Å². The molecule has 576 valence electrons. The highest BCUT2D eigenvalue weighted by molar-refractivity contribution is 6.95. The minimum Gasteiger partial charge on any atom is -0.642 e. The molecular weight excluding hydrogens is 1420 g/mol. The van der Waals surface area contributed by atoms with Crippen LogP contribution in [0.25, 0.3) is 0 Å². The highest BCUT2D eigenvalue weighted by Crippen LogP contribution is 2.44. The Bertz CT molecular complexity index is 3580. The Morgan fingerprint density at radius 2 is 0.490 bits per heavy atom. The summed E-state index contributed by atoms with van der Waals surface area (Å²) in [6.45, 7) is 54.0. The minimum atomic E-state index is -3.96. The summed E-state index contributed by atoms with van der Waals surface area (Å²) in [4.78, 5) is 0. The summed E-state index contributed by atoms with van der Waals surface area (Å²) < 4.78 is 292. The van der Waals surface area contributed by atoms with Gasteiger partial charge < -0.3 is 7.58 Å². The third-order valence-corrected chi connectivity index (χ3v) is 23.5. The van der Waals surface area contributed by atoms with Crippen LogP contribution in [0, 0.1) is 166 Å². The van der Waals surface area contributed by atoms with Crippen LogP contribution in [0.1, 0.15) is 200 Å². The fourth-order valence-electron chi connectivity index (χ4n) is 12.5. The molecule has 0 aliphatic heterocycles. The molecule has 0 aliphatic carbocycles. The van der Waals surface area contributed by atoms with E-state index in [-0.39, 0.29) is 32.9 Å². The van der Waals surface area contributed by atoms with E-state index in [4.69, 9.17) is 7.58 Å². The van der Waals surface area contributed by atoms with Gasteiger partial charge in [0.2, 0.25) is 0 Å². The van der Waals surface area contributed by atoms with Crippen molar-refractivity contribution in [1.82, 2.24) is 0 Å². The Balaban J connectivity index is 0.000000377. The quantitative estimate of drug-likeness (QED) is 0.0328. The first-order chi connectivity index (χ1) is 47.2. The van der Waals surface area contributed by atoms with Crippen LogP contribution in [-0.4, -0.2) is 42.4 Å². The third kappa shape index (κ3) is 23.4. The Labute approximate surface area is 612 Å². The average Bonchev–Trinajstić information content (AvgIpc) is 0.693. The van der Waals surface area contributed by atoms with E-state index in [0.29, 0.717) is 17.6 Å². The Kier molecular flexibility index (Phi) is 33.3.